The molecule has 0 bridgehead atoms. The van der Waals surface area contributed by atoms with Crippen LogP contribution in [0.5, 0.6) is 0 Å². The lowest BCUT2D eigenvalue weighted by Gasteiger charge is -2.20. The Morgan fingerprint density at radius 1 is 1.32 bits per heavy atom. The van der Waals surface area contributed by atoms with Crippen molar-refractivity contribution in [2.45, 2.75) is 39.2 Å². The molecule has 0 aliphatic carbocycles. The molecule has 0 saturated heterocycles. The number of nitro benzene ring substituents is 1. The van der Waals surface area contributed by atoms with Crippen LogP contribution in [0.1, 0.15) is 32.8 Å². The Labute approximate surface area is 145 Å². The fourth-order valence-electron chi connectivity index (χ4n) is 2.39. The molecule has 9 nitrogen and oxygen atoms in total. The molecule has 0 spiro atoms. The lowest BCUT2D eigenvalue weighted by molar-refractivity contribution is -0.383. The number of nitrogens with zero attached hydrogens (tertiary/aromatic N) is 1. The molecule has 136 valence electrons. The number of nitro groups is 1. The SMILES string of the molecule is CC(C)(C)OC(=O)NCCNc1cc2c(cc1[N+](=O)[O-])NC(=O)CC2. The van der Waals surface area contributed by atoms with Gasteiger partial charge in [-0.05, 0) is 38.8 Å². The van der Waals surface area contributed by atoms with Gasteiger partial charge < -0.3 is 20.7 Å². The third-order valence-corrected chi connectivity index (χ3v) is 3.42. The van der Waals surface area contributed by atoms with Crippen molar-refractivity contribution in [2.75, 3.05) is 23.7 Å². The summed E-state index contributed by atoms with van der Waals surface area (Å²) in [5, 5.41) is 19.4. The van der Waals surface area contributed by atoms with E-state index in [0.29, 0.717) is 30.8 Å². The zero-order valence-corrected chi connectivity index (χ0v) is 14.5. The largest absolute Gasteiger partial charge is 0.444 e. The highest BCUT2D eigenvalue weighted by atomic mass is 16.6. The zero-order valence-electron chi connectivity index (χ0n) is 14.5. The molecular weight excluding hydrogens is 328 g/mol. The molecule has 1 aliphatic heterocycles. The number of aryl methyl sites for hydroxylation is 1. The standard InChI is InChI=1S/C16H22N4O5/c1-16(2,3)25-15(22)18-7-6-17-12-8-10-4-5-14(21)19-11(10)9-13(12)20(23)24/h8-9,17H,4-7H2,1-3H3,(H,18,22)(H,19,21). The van der Waals surface area contributed by atoms with E-state index in [9.17, 15) is 19.7 Å². The number of amides is 2. The van der Waals surface area contributed by atoms with Crippen LogP contribution in [0.15, 0.2) is 12.1 Å². The van der Waals surface area contributed by atoms with E-state index in [2.05, 4.69) is 16.0 Å². The van der Waals surface area contributed by atoms with E-state index in [1.54, 1.807) is 26.8 Å². The number of anilines is 2. The maximum absolute atomic E-state index is 11.6. The van der Waals surface area contributed by atoms with Gasteiger partial charge in [-0.2, -0.15) is 0 Å². The molecule has 2 amide bonds. The van der Waals surface area contributed by atoms with Crippen LogP contribution in [-0.2, 0) is 16.0 Å². The van der Waals surface area contributed by atoms with Crippen LogP contribution in [0.2, 0.25) is 0 Å². The molecule has 0 atom stereocenters. The van der Waals surface area contributed by atoms with Crippen LogP contribution in [0.25, 0.3) is 0 Å². The second-order valence-electron chi connectivity index (χ2n) is 6.69. The van der Waals surface area contributed by atoms with E-state index in [1.165, 1.54) is 6.07 Å². The van der Waals surface area contributed by atoms with Crippen LogP contribution in [0.3, 0.4) is 0 Å². The molecule has 0 aromatic heterocycles. The maximum Gasteiger partial charge on any atom is 0.407 e. The van der Waals surface area contributed by atoms with Gasteiger partial charge >= 0.3 is 6.09 Å². The lowest BCUT2D eigenvalue weighted by atomic mass is 10.0. The van der Waals surface area contributed by atoms with Crippen molar-refractivity contribution in [3.8, 4) is 0 Å². The monoisotopic (exact) mass is 350 g/mol. The molecular formula is C16H22N4O5. The quantitative estimate of drug-likeness (QED) is 0.426. The Bertz CT molecular complexity index is 697. The molecule has 2 rings (SSSR count). The summed E-state index contributed by atoms with van der Waals surface area (Å²) in [5.74, 6) is -0.149. The molecule has 1 aliphatic rings. The predicted octanol–water partition coefficient (Wildman–Crippen LogP) is 2.42. The third kappa shape index (κ3) is 5.33. The number of rotatable bonds is 5. The fraction of sp³-hybridized carbons (Fsp3) is 0.500. The minimum Gasteiger partial charge on any atom is -0.444 e. The van der Waals surface area contributed by atoms with Gasteiger partial charge in [-0.3, -0.25) is 14.9 Å². The first-order valence-electron chi connectivity index (χ1n) is 7.97. The Hall–Kier alpha value is -2.84. The van der Waals surface area contributed by atoms with Gasteiger partial charge in [-0.15, -0.1) is 0 Å². The number of benzene rings is 1. The second kappa shape index (κ2) is 7.37. The van der Waals surface area contributed by atoms with E-state index in [0.717, 1.165) is 5.56 Å². The van der Waals surface area contributed by atoms with Crippen LogP contribution in [0, 0.1) is 10.1 Å². The summed E-state index contributed by atoms with van der Waals surface area (Å²) in [7, 11) is 0. The van der Waals surface area contributed by atoms with Gasteiger partial charge in [0.25, 0.3) is 5.69 Å². The number of ether oxygens (including phenoxy) is 1. The first-order chi connectivity index (χ1) is 11.7. The number of carbonyl (C=O) groups is 2. The summed E-state index contributed by atoms with van der Waals surface area (Å²) in [6.07, 6.45) is 0.339. The summed E-state index contributed by atoms with van der Waals surface area (Å²) < 4.78 is 5.11. The Balaban J connectivity index is 1.98. The minimum atomic E-state index is -0.584. The van der Waals surface area contributed by atoms with E-state index < -0.39 is 16.6 Å². The molecule has 25 heavy (non-hydrogen) atoms. The summed E-state index contributed by atoms with van der Waals surface area (Å²) in [6, 6.07) is 3.02. The average molecular weight is 350 g/mol. The Kier molecular flexibility index (Phi) is 5.45. The van der Waals surface area contributed by atoms with Crippen LogP contribution < -0.4 is 16.0 Å². The van der Waals surface area contributed by atoms with E-state index in [1.807, 2.05) is 0 Å². The highest BCUT2D eigenvalue weighted by molar-refractivity contribution is 5.95. The highest BCUT2D eigenvalue weighted by Gasteiger charge is 2.22. The number of hydrogen-bond donors (Lipinski definition) is 3. The van der Waals surface area contributed by atoms with Gasteiger partial charge in [0.2, 0.25) is 5.91 Å². The highest BCUT2D eigenvalue weighted by Crippen LogP contribution is 2.33. The van der Waals surface area contributed by atoms with E-state index in [4.69, 9.17) is 4.74 Å². The second-order valence-corrected chi connectivity index (χ2v) is 6.69. The molecule has 1 aromatic rings. The zero-order chi connectivity index (χ0) is 18.6. The van der Waals surface area contributed by atoms with E-state index in [-0.39, 0.29) is 18.1 Å². The predicted molar refractivity (Wildman–Crippen MR) is 92.8 cm³/mol. The Morgan fingerprint density at radius 3 is 2.68 bits per heavy atom. The number of nitrogens with one attached hydrogen (secondary N) is 3. The van der Waals surface area contributed by atoms with Gasteiger partial charge in [0, 0.05) is 25.6 Å². The van der Waals surface area contributed by atoms with Crippen LogP contribution in [-0.4, -0.2) is 35.6 Å². The molecule has 9 heteroatoms. The summed E-state index contributed by atoms with van der Waals surface area (Å²) in [4.78, 5) is 33.7. The molecule has 0 radical (unpaired) electrons. The smallest absolute Gasteiger partial charge is 0.407 e. The van der Waals surface area contributed by atoms with Crippen molar-refractivity contribution in [1.29, 1.82) is 0 Å². The van der Waals surface area contributed by atoms with Crippen molar-refractivity contribution >= 4 is 29.1 Å². The number of carbonyl (C=O) groups excluding carboxylic acids is 2. The summed E-state index contributed by atoms with van der Waals surface area (Å²) in [5.41, 5.74) is 0.955. The van der Waals surface area contributed by atoms with Crippen LogP contribution >= 0.6 is 0 Å². The van der Waals surface area contributed by atoms with Crippen molar-refractivity contribution in [3.05, 3.63) is 27.8 Å². The molecule has 1 heterocycles. The van der Waals surface area contributed by atoms with Crippen LogP contribution in [0.4, 0.5) is 21.9 Å². The topological polar surface area (TPSA) is 123 Å². The minimum absolute atomic E-state index is 0.127. The molecule has 3 N–H and O–H groups in total. The number of hydrogen-bond acceptors (Lipinski definition) is 6. The molecule has 0 fully saturated rings. The molecule has 0 saturated carbocycles. The van der Waals surface area contributed by atoms with E-state index >= 15 is 0 Å². The first kappa shape index (κ1) is 18.5. The van der Waals surface area contributed by atoms with Crippen molar-refractivity contribution in [2.24, 2.45) is 0 Å². The first-order valence-corrected chi connectivity index (χ1v) is 7.97. The van der Waals surface area contributed by atoms with Crippen molar-refractivity contribution in [1.82, 2.24) is 5.32 Å². The Morgan fingerprint density at radius 2 is 2.04 bits per heavy atom. The fourth-order valence-corrected chi connectivity index (χ4v) is 2.39. The van der Waals surface area contributed by atoms with Crippen molar-refractivity contribution in [3.63, 3.8) is 0 Å². The maximum atomic E-state index is 11.6. The molecule has 0 unspecified atom stereocenters. The number of fused-ring (bicyclic) bond motifs is 1. The normalized spacial score (nSPS) is 13.5. The van der Waals surface area contributed by atoms with Gasteiger partial charge in [0.05, 0.1) is 10.6 Å². The summed E-state index contributed by atoms with van der Waals surface area (Å²) >= 11 is 0. The van der Waals surface area contributed by atoms with Gasteiger partial charge in [0.15, 0.2) is 0 Å². The number of alkyl carbamates (subject to hydrolysis) is 1. The summed E-state index contributed by atoms with van der Waals surface area (Å²) in [6.45, 7) is 5.84. The van der Waals surface area contributed by atoms with Gasteiger partial charge in [-0.1, -0.05) is 0 Å². The van der Waals surface area contributed by atoms with Crippen molar-refractivity contribution < 1.29 is 19.2 Å². The molecule has 1 aromatic carbocycles. The van der Waals surface area contributed by atoms with Gasteiger partial charge in [-0.25, -0.2) is 4.79 Å². The third-order valence-electron chi connectivity index (χ3n) is 3.42. The van der Waals surface area contributed by atoms with Gasteiger partial charge in [0.1, 0.15) is 11.3 Å². The average Bonchev–Trinajstić information content (AvgIpc) is 2.49. The lowest BCUT2D eigenvalue weighted by Crippen LogP contribution is -2.35.